The maximum atomic E-state index is 10.7. The summed E-state index contributed by atoms with van der Waals surface area (Å²) >= 11 is 0. The third-order valence-electron chi connectivity index (χ3n) is 4.92. The van der Waals surface area contributed by atoms with E-state index in [9.17, 15) is 9.90 Å². The maximum absolute atomic E-state index is 10.7. The van der Waals surface area contributed by atoms with E-state index in [1.807, 2.05) is 0 Å². The number of aliphatic hydroxyl groups is 1. The third-order valence-corrected chi connectivity index (χ3v) is 4.92. The Bertz CT molecular complexity index is 513. The van der Waals surface area contributed by atoms with Crippen LogP contribution in [0.15, 0.2) is 0 Å². The molecule has 13 nitrogen and oxygen atoms in total. The first-order valence-corrected chi connectivity index (χ1v) is 14.7. The number of ether oxygens (including phenoxy) is 11. The van der Waals surface area contributed by atoms with Gasteiger partial charge in [-0.15, -0.1) is 0 Å². The van der Waals surface area contributed by atoms with Gasteiger partial charge in [-0.05, 0) is 13.3 Å². The highest BCUT2D eigenvalue weighted by Gasteiger charge is 2.05. The molecular formula is C28H56O13. The van der Waals surface area contributed by atoms with Crippen LogP contribution >= 0.6 is 0 Å². The van der Waals surface area contributed by atoms with Gasteiger partial charge in [-0.2, -0.15) is 0 Å². The van der Waals surface area contributed by atoms with Crippen LogP contribution in [0.2, 0.25) is 0 Å². The van der Waals surface area contributed by atoms with E-state index in [-0.39, 0.29) is 25.6 Å². The number of aliphatic hydroxyl groups excluding tert-OH is 1. The van der Waals surface area contributed by atoms with Gasteiger partial charge in [0.1, 0.15) is 12.7 Å². The first-order valence-electron chi connectivity index (χ1n) is 14.7. The molecule has 0 amide bonds. The molecular weight excluding hydrogens is 544 g/mol. The summed E-state index contributed by atoms with van der Waals surface area (Å²) in [4.78, 5) is 10.7. The van der Waals surface area contributed by atoms with Gasteiger partial charge in [-0.25, -0.2) is 0 Å². The van der Waals surface area contributed by atoms with Gasteiger partial charge in [0, 0.05) is 6.61 Å². The van der Waals surface area contributed by atoms with Crippen molar-refractivity contribution < 1.29 is 62.0 Å². The highest BCUT2D eigenvalue weighted by molar-refractivity contribution is 5.76. The van der Waals surface area contributed by atoms with Gasteiger partial charge in [0.15, 0.2) is 5.78 Å². The number of hydrogen-bond acceptors (Lipinski definition) is 13. The lowest BCUT2D eigenvalue weighted by Crippen LogP contribution is -2.24. The standard InChI is InChI=1S/C28H56O13/c1-3-4-5-31-6-7-32-8-9-33-10-11-34-12-13-35-14-15-36-16-17-37-18-19-38-20-21-39-22-23-40-25-28(30)26-41-24-27(2)29/h28,30H,3-26H2,1-2H3. The summed E-state index contributed by atoms with van der Waals surface area (Å²) < 4.78 is 59.2. The quantitative estimate of drug-likeness (QED) is 0.102. The number of ketones is 1. The van der Waals surface area contributed by atoms with Crippen LogP contribution in [0.5, 0.6) is 0 Å². The number of hydrogen-bond donors (Lipinski definition) is 1. The van der Waals surface area contributed by atoms with Crippen molar-refractivity contribution in [2.75, 3.05) is 145 Å². The van der Waals surface area contributed by atoms with E-state index in [0.29, 0.717) is 119 Å². The van der Waals surface area contributed by atoms with Crippen LogP contribution < -0.4 is 0 Å². The molecule has 0 radical (unpaired) electrons. The summed E-state index contributed by atoms with van der Waals surface area (Å²) in [5.74, 6) is -0.0828. The van der Waals surface area contributed by atoms with Gasteiger partial charge in [0.05, 0.1) is 132 Å². The Morgan fingerprint density at radius 1 is 0.463 bits per heavy atom. The van der Waals surface area contributed by atoms with Gasteiger partial charge in [-0.1, -0.05) is 13.3 Å². The molecule has 1 N–H and O–H groups in total. The Labute approximate surface area is 246 Å². The van der Waals surface area contributed by atoms with Gasteiger partial charge in [0.25, 0.3) is 0 Å². The van der Waals surface area contributed by atoms with Crippen LogP contribution in [0.25, 0.3) is 0 Å². The maximum Gasteiger partial charge on any atom is 0.155 e. The molecule has 0 aromatic heterocycles. The number of unbranched alkanes of at least 4 members (excludes halogenated alkanes) is 1. The second-order valence-corrected chi connectivity index (χ2v) is 8.81. The molecule has 246 valence electrons. The van der Waals surface area contributed by atoms with E-state index in [1.54, 1.807) is 0 Å². The van der Waals surface area contributed by atoms with Crippen molar-refractivity contribution in [3.05, 3.63) is 0 Å². The minimum Gasteiger partial charge on any atom is -0.388 e. The van der Waals surface area contributed by atoms with Crippen LogP contribution in [0.3, 0.4) is 0 Å². The van der Waals surface area contributed by atoms with E-state index < -0.39 is 6.10 Å². The minimum absolute atomic E-state index is 0.00229. The summed E-state index contributed by atoms with van der Waals surface area (Å²) in [5, 5.41) is 9.61. The fraction of sp³-hybridized carbons (Fsp3) is 0.964. The molecule has 41 heavy (non-hydrogen) atoms. The van der Waals surface area contributed by atoms with Gasteiger partial charge in [0.2, 0.25) is 0 Å². The van der Waals surface area contributed by atoms with E-state index >= 15 is 0 Å². The van der Waals surface area contributed by atoms with Crippen LogP contribution in [0.4, 0.5) is 0 Å². The predicted molar refractivity (Wildman–Crippen MR) is 151 cm³/mol. The summed E-state index contributed by atoms with van der Waals surface area (Å²) in [6.45, 7) is 13.6. The molecule has 1 atom stereocenters. The minimum atomic E-state index is -0.763. The average Bonchev–Trinajstić information content (AvgIpc) is 2.95. The average molecular weight is 601 g/mol. The Hall–Kier alpha value is -0.810. The Morgan fingerprint density at radius 2 is 0.732 bits per heavy atom. The molecule has 0 aliphatic carbocycles. The third kappa shape index (κ3) is 37.2. The summed E-state index contributed by atoms with van der Waals surface area (Å²) in [6.07, 6.45) is 1.47. The zero-order valence-corrected chi connectivity index (χ0v) is 25.4. The summed E-state index contributed by atoms with van der Waals surface area (Å²) in [7, 11) is 0. The lowest BCUT2D eigenvalue weighted by Gasteiger charge is -2.11. The first-order chi connectivity index (χ1) is 20.2. The Morgan fingerprint density at radius 3 is 1.02 bits per heavy atom. The zero-order valence-electron chi connectivity index (χ0n) is 25.4. The molecule has 1 unspecified atom stereocenters. The lowest BCUT2D eigenvalue weighted by molar-refractivity contribution is -0.123. The van der Waals surface area contributed by atoms with Crippen LogP contribution in [0.1, 0.15) is 26.7 Å². The molecule has 0 spiro atoms. The molecule has 0 aliphatic rings. The van der Waals surface area contributed by atoms with E-state index in [0.717, 1.165) is 19.4 Å². The fourth-order valence-electron chi connectivity index (χ4n) is 2.83. The normalized spacial score (nSPS) is 12.3. The first kappa shape index (κ1) is 40.2. The fourth-order valence-corrected chi connectivity index (χ4v) is 2.83. The highest BCUT2D eigenvalue weighted by Crippen LogP contribution is 1.91. The predicted octanol–water partition coefficient (Wildman–Crippen LogP) is 0.919. The second kappa shape index (κ2) is 35.4. The van der Waals surface area contributed by atoms with Gasteiger partial charge in [-0.3, -0.25) is 4.79 Å². The molecule has 0 saturated carbocycles. The largest absolute Gasteiger partial charge is 0.388 e. The number of rotatable bonds is 36. The monoisotopic (exact) mass is 600 g/mol. The highest BCUT2D eigenvalue weighted by atomic mass is 16.6. The van der Waals surface area contributed by atoms with Crippen molar-refractivity contribution in [3.63, 3.8) is 0 Å². The van der Waals surface area contributed by atoms with Crippen molar-refractivity contribution in [2.45, 2.75) is 32.8 Å². The number of Topliss-reactive ketones (excluding diaryl/α,β-unsaturated/α-hetero) is 1. The van der Waals surface area contributed by atoms with Crippen molar-refractivity contribution in [2.24, 2.45) is 0 Å². The van der Waals surface area contributed by atoms with Crippen LogP contribution in [-0.2, 0) is 56.9 Å². The molecule has 0 rings (SSSR count). The molecule has 0 aromatic carbocycles. The van der Waals surface area contributed by atoms with E-state index in [4.69, 9.17) is 52.1 Å². The van der Waals surface area contributed by atoms with Crippen molar-refractivity contribution in [3.8, 4) is 0 Å². The lowest BCUT2D eigenvalue weighted by atomic mass is 10.4. The molecule has 0 aromatic rings. The Kier molecular flexibility index (Phi) is 34.7. The molecule has 0 bridgehead atoms. The molecule has 13 heteroatoms. The van der Waals surface area contributed by atoms with Crippen molar-refractivity contribution in [1.82, 2.24) is 0 Å². The van der Waals surface area contributed by atoms with Crippen LogP contribution in [0, 0.1) is 0 Å². The van der Waals surface area contributed by atoms with Crippen LogP contribution in [-0.4, -0.2) is 162 Å². The summed E-state index contributed by atoms with van der Waals surface area (Å²) in [6, 6.07) is 0. The van der Waals surface area contributed by atoms with Gasteiger partial charge >= 0.3 is 0 Å². The Balaban J connectivity index is 3.08. The number of carbonyl (C=O) groups is 1. The molecule has 0 heterocycles. The zero-order chi connectivity index (χ0) is 29.9. The molecule has 0 fully saturated rings. The topological polar surface area (TPSA) is 139 Å². The molecule has 0 saturated heterocycles. The second-order valence-electron chi connectivity index (χ2n) is 8.81. The van der Waals surface area contributed by atoms with E-state index in [1.165, 1.54) is 6.92 Å². The summed E-state index contributed by atoms with van der Waals surface area (Å²) in [5.41, 5.74) is 0. The smallest absolute Gasteiger partial charge is 0.155 e. The number of carbonyl (C=O) groups excluding carboxylic acids is 1. The molecule has 0 aliphatic heterocycles. The van der Waals surface area contributed by atoms with Crippen molar-refractivity contribution >= 4 is 5.78 Å². The van der Waals surface area contributed by atoms with Gasteiger partial charge < -0.3 is 57.2 Å². The van der Waals surface area contributed by atoms with E-state index in [2.05, 4.69) is 6.92 Å². The van der Waals surface area contributed by atoms with Crippen molar-refractivity contribution in [1.29, 1.82) is 0 Å². The SMILES string of the molecule is CCCCOCCOCCOCCOCCOCCOCCOCCOCCOCCOCC(O)COCC(C)=O.